The topological polar surface area (TPSA) is 77.7 Å². The quantitative estimate of drug-likeness (QED) is 0.500. The van der Waals surface area contributed by atoms with Crippen molar-refractivity contribution in [3.63, 3.8) is 0 Å². The summed E-state index contributed by atoms with van der Waals surface area (Å²) >= 11 is 1.56. The van der Waals surface area contributed by atoms with Crippen LogP contribution in [-0.2, 0) is 11.3 Å². The highest BCUT2D eigenvalue weighted by molar-refractivity contribution is 7.07. The lowest BCUT2D eigenvalue weighted by Crippen LogP contribution is -2.25. The van der Waals surface area contributed by atoms with E-state index in [1.165, 1.54) is 0 Å². The Balaban J connectivity index is 1.60. The molecule has 1 aliphatic rings. The molecule has 2 aromatic carbocycles. The summed E-state index contributed by atoms with van der Waals surface area (Å²) in [5.41, 5.74) is 4.54. The minimum Gasteiger partial charge on any atom is -0.497 e. The summed E-state index contributed by atoms with van der Waals surface area (Å²) < 4.78 is 12.9. The van der Waals surface area contributed by atoms with E-state index in [1.807, 2.05) is 54.6 Å². The molecule has 4 aromatic rings. The molecule has 1 aliphatic heterocycles. The highest BCUT2D eigenvalue weighted by Crippen LogP contribution is 2.33. The van der Waals surface area contributed by atoms with Crippen molar-refractivity contribution in [2.45, 2.75) is 6.54 Å². The summed E-state index contributed by atoms with van der Waals surface area (Å²) in [4.78, 5) is 21.6. The maximum absolute atomic E-state index is 11.8. The number of hydrogen-bond acceptors (Lipinski definition) is 6. The van der Waals surface area contributed by atoms with E-state index in [9.17, 15) is 4.79 Å². The van der Waals surface area contributed by atoms with Crippen molar-refractivity contribution in [3.8, 4) is 22.8 Å². The number of anilines is 1. The molecule has 2 aromatic heterocycles. The summed E-state index contributed by atoms with van der Waals surface area (Å²) in [7, 11) is 1.66. The number of carbonyl (C=O) groups is 1. The number of rotatable bonds is 5. The van der Waals surface area contributed by atoms with Gasteiger partial charge in [0.2, 0.25) is 0 Å². The Morgan fingerprint density at radius 2 is 2.09 bits per heavy atom. The Kier molecular flexibility index (Phi) is 5.43. The van der Waals surface area contributed by atoms with Gasteiger partial charge < -0.3 is 19.4 Å². The van der Waals surface area contributed by atoms with Gasteiger partial charge in [0.05, 0.1) is 36.9 Å². The van der Waals surface area contributed by atoms with E-state index in [2.05, 4.69) is 20.2 Å². The number of carbonyl (C=O) groups excluding carboxylic acids is 1. The van der Waals surface area contributed by atoms with Crippen molar-refractivity contribution in [1.29, 1.82) is 0 Å². The molecule has 7 nitrogen and oxygen atoms in total. The lowest BCUT2D eigenvalue weighted by atomic mass is 10.1. The fourth-order valence-electron chi connectivity index (χ4n) is 3.49. The smallest absolute Gasteiger partial charge is 0.262 e. The normalized spacial score (nSPS) is 13.3. The minimum absolute atomic E-state index is 0.0381. The predicted octanol–water partition coefficient (Wildman–Crippen LogP) is 4.23. The van der Waals surface area contributed by atoms with Crippen LogP contribution in [-0.4, -0.2) is 29.2 Å². The maximum Gasteiger partial charge on any atom is 0.262 e. The van der Waals surface area contributed by atoms with E-state index in [0.29, 0.717) is 18.0 Å². The molecule has 0 atom stereocenters. The van der Waals surface area contributed by atoms with Crippen LogP contribution in [0, 0.1) is 0 Å². The van der Waals surface area contributed by atoms with Crippen LogP contribution in [0.25, 0.3) is 11.3 Å². The number of nitrogens with zero attached hydrogens (tertiary/aromatic N) is 3. The van der Waals surface area contributed by atoms with Gasteiger partial charge >= 0.3 is 0 Å². The molecule has 1 N–H and O–H groups in total. The second kappa shape index (κ2) is 8.68. The largest absolute Gasteiger partial charge is 0.497 e. The number of pyridine rings is 1. The van der Waals surface area contributed by atoms with Gasteiger partial charge in [0.15, 0.2) is 11.4 Å². The summed E-state index contributed by atoms with van der Waals surface area (Å²) in [6.07, 6.45) is 3.47. The van der Waals surface area contributed by atoms with Gasteiger partial charge in [-0.2, -0.15) is 0 Å². The van der Waals surface area contributed by atoms with Gasteiger partial charge in [-0.3, -0.25) is 9.78 Å². The van der Waals surface area contributed by atoms with Crippen LogP contribution in [0.2, 0.25) is 0 Å². The minimum atomic E-state index is -0.154. The van der Waals surface area contributed by atoms with Crippen molar-refractivity contribution in [2.24, 2.45) is 4.99 Å². The highest BCUT2D eigenvalue weighted by atomic mass is 32.1. The van der Waals surface area contributed by atoms with Gasteiger partial charge in [-0.1, -0.05) is 12.1 Å². The van der Waals surface area contributed by atoms with E-state index in [0.717, 1.165) is 33.1 Å². The lowest BCUT2D eigenvalue weighted by molar-refractivity contribution is -0.118. The van der Waals surface area contributed by atoms with Crippen LogP contribution < -0.4 is 19.6 Å². The average Bonchev–Trinajstić information content (AvgIpc) is 3.21. The Hall–Kier alpha value is -3.91. The molecule has 32 heavy (non-hydrogen) atoms. The SMILES string of the molecule is COc1ccc(Cn2c(-c3ccc4c(c3)NC(=O)CO4)csc2=Nc2cccnc2)cc1. The number of aromatic nitrogens is 2. The standard InChI is InChI=1S/C24H20N4O3S/c1-30-19-7-4-16(5-8-19)13-28-21(15-32-24(28)26-18-3-2-10-25-12-18)17-6-9-22-20(11-17)27-23(29)14-31-22/h2-12,15H,13-14H2,1H3,(H,27,29). The molecule has 0 radical (unpaired) electrons. The van der Waals surface area contributed by atoms with Gasteiger partial charge in [-0.15, -0.1) is 11.3 Å². The second-order valence-corrected chi connectivity index (χ2v) is 8.05. The Bertz CT molecular complexity index is 1330. The molecule has 0 saturated heterocycles. The number of hydrogen-bond donors (Lipinski definition) is 1. The number of methoxy groups -OCH3 is 1. The summed E-state index contributed by atoms with van der Waals surface area (Å²) in [6, 6.07) is 17.6. The fraction of sp³-hybridized carbons (Fsp3) is 0.125. The Morgan fingerprint density at radius 1 is 1.22 bits per heavy atom. The lowest BCUT2D eigenvalue weighted by Gasteiger charge is -2.19. The number of benzene rings is 2. The van der Waals surface area contributed by atoms with E-state index in [1.54, 1.807) is 30.8 Å². The molecule has 3 heterocycles. The number of amides is 1. The number of thiazole rings is 1. The molecule has 5 rings (SSSR count). The zero-order valence-electron chi connectivity index (χ0n) is 17.3. The van der Waals surface area contributed by atoms with Crippen molar-refractivity contribution < 1.29 is 14.3 Å². The average molecular weight is 445 g/mol. The zero-order valence-corrected chi connectivity index (χ0v) is 18.1. The fourth-order valence-corrected chi connectivity index (χ4v) is 4.42. The first kappa shape index (κ1) is 20.0. The summed E-state index contributed by atoms with van der Waals surface area (Å²) in [5, 5.41) is 4.96. The molecule has 0 spiro atoms. The highest BCUT2D eigenvalue weighted by Gasteiger charge is 2.18. The maximum atomic E-state index is 11.8. The molecule has 160 valence electrons. The van der Waals surface area contributed by atoms with E-state index in [4.69, 9.17) is 14.5 Å². The van der Waals surface area contributed by atoms with E-state index in [-0.39, 0.29) is 12.5 Å². The molecule has 0 aliphatic carbocycles. The van der Waals surface area contributed by atoms with Crippen LogP contribution in [0.15, 0.2) is 77.4 Å². The van der Waals surface area contributed by atoms with Gasteiger partial charge in [0.1, 0.15) is 11.5 Å². The van der Waals surface area contributed by atoms with Gasteiger partial charge in [0.25, 0.3) is 5.91 Å². The van der Waals surface area contributed by atoms with Crippen molar-refractivity contribution in [2.75, 3.05) is 19.0 Å². The first-order valence-electron chi connectivity index (χ1n) is 10.0. The zero-order chi connectivity index (χ0) is 21.9. The van der Waals surface area contributed by atoms with Gasteiger partial charge in [0, 0.05) is 17.1 Å². The number of ether oxygens (including phenoxy) is 2. The summed E-state index contributed by atoms with van der Waals surface area (Å²) in [5.74, 6) is 1.33. The van der Waals surface area contributed by atoms with Crippen molar-refractivity contribution in [1.82, 2.24) is 9.55 Å². The Morgan fingerprint density at radius 3 is 2.88 bits per heavy atom. The van der Waals surface area contributed by atoms with Gasteiger partial charge in [-0.25, -0.2) is 4.99 Å². The molecule has 0 saturated carbocycles. The molecule has 0 unspecified atom stereocenters. The van der Waals surface area contributed by atoms with Crippen molar-refractivity contribution in [3.05, 3.63) is 82.7 Å². The molecule has 1 amide bonds. The molecule has 8 heteroatoms. The monoisotopic (exact) mass is 444 g/mol. The molecule has 0 fully saturated rings. The van der Waals surface area contributed by atoms with Crippen molar-refractivity contribution >= 4 is 28.6 Å². The molecule has 0 bridgehead atoms. The number of fused-ring (bicyclic) bond motifs is 1. The van der Waals surface area contributed by atoms with Crippen LogP contribution in [0.1, 0.15) is 5.56 Å². The third-order valence-corrected chi connectivity index (χ3v) is 5.94. The van der Waals surface area contributed by atoms with Crippen LogP contribution in [0.3, 0.4) is 0 Å². The van der Waals surface area contributed by atoms with E-state index >= 15 is 0 Å². The number of nitrogens with one attached hydrogen (secondary N) is 1. The van der Waals surface area contributed by atoms with Crippen LogP contribution in [0.4, 0.5) is 11.4 Å². The van der Waals surface area contributed by atoms with Gasteiger partial charge in [-0.05, 0) is 48.0 Å². The first-order chi connectivity index (χ1) is 15.7. The van der Waals surface area contributed by atoms with Crippen LogP contribution in [0.5, 0.6) is 11.5 Å². The third kappa shape index (κ3) is 4.13. The van der Waals surface area contributed by atoms with Crippen LogP contribution >= 0.6 is 11.3 Å². The predicted molar refractivity (Wildman–Crippen MR) is 123 cm³/mol. The Labute approximate surface area is 188 Å². The first-order valence-corrected chi connectivity index (χ1v) is 10.9. The third-order valence-electron chi connectivity index (χ3n) is 5.08. The van der Waals surface area contributed by atoms with E-state index < -0.39 is 0 Å². The molecular weight excluding hydrogens is 424 g/mol. The molecular formula is C24H20N4O3S. The second-order valence-electron chi connectivity index (χ2n) is 7.21. The summed E-state index contributed by atoms with van der Waals surface area (Å²) in [6.45, 7) is 0.665.